The molecule has 2 heterocycles. The maximum atomic E-state index is 12.7. The van der Waals surface area contributed by atoms with Crippen LogP contribution in [-0.2, 0) is 0 Å². The van der Waals surface area contributed by atoms with Crippen LogP contribution in [0.4, 0.5) is 5.69 Å². The van der Waals surface area contributed by atoms with E-state index in [1.165, 1.54) is 0 Å². The van der Waals surface area contributed by atoms with Crippen LogP contribution in [0.2, 0.25) is 5.02 Å². The van der Waals surface area contributed by atoms with Gasteiger partial charge in [-0.3, -0.25) is 9.78 Å². The Kier molecular flexibility index (Phi) is 3.47. The van der Waals surface area contributed by atoms with Gasteiger partial charge in [0.15, 0.2) is 0 Å². The molecule has 2 aromatic carbocycles. The number of rotatable bonds is 2. The molecule has 2 aromatic heterocycles. The van der Waals surface area contributed by atoms with Crippen LogP contribution in [0.25, 0.3) is 21.8 Å². The van der Waals surface area contributed by atoms with E-state index in [9.17, 15) is 4.79 Å². The second-order valence-corrected chi connectivity index (χ2v) is 6.09. The van der Waals surface area contributed by atoms with Gasteiger partial charge in [-0.25, -0.2) is 0 Å². The molecule has 0 unspecified atom stereocenters. The third-order valence-electron chi connectivity index (χ3n) is 4.13. The van der Waals surface area contributed by atoms with Crippen LogP contribution in [0.3, 0.4) is 0 Å². The number of aromatic amines is 1. The first-order valence-electron chi connectivity index (χ1n) is 7.56. The highest BCUT2D eigenvalue weighted by Gasteiger charge is 2.16. The molecule has 0 saturated carbocycles. The smallest absolute Gasteiger partial charge is 0.272 e. The molecule has 0 saturated heterocycles. The van der Waals surface area contributed by atoms with Gasteiger partial charge in [0, 0.05) is 27.5 Å². The number of para-hydroxylation sites is 1. The monoisotopic (exact) mass is 335 g/mol. The number of nitrogens with one attached hydrogen (secondary N) is 2. The third kappa shape index (κ3) is 2.41. The van der Waals surface area contributed by atoms with Crippen molar-refractivity contribution in [1.29, 1.82) is 0 Å². The van der Waals surface area contributed by atoms with E-state index in [4.69, 9.17) is 11.6 Å². The molecule has 0 bridgehead atoms. The summed E-state index contributed by atoms with van der Waals surface area (Å²) in [6.45, 7) is 1.92. The van der Waals surface area contributed by atoms with Gasteiger partial charge >= 0.3 is 0 Å². The van der Waals surface area contributed by atoms with Crippen LogP contribution in [0.5, 0.6) is 0 Å². The molecule has 0 atom stereocenters. The van der Waals surface area contributed by atoms with Crippen molar-refractivity contribution in [2.24, 2.45) is 0 Å². The number of carbonyl (C=O) groups excluding carboxylic acids is 1. The Balaban J connectivity index is 1.75. The summed E-state index contributed by atoms with van der Waals surface area (Å²) >= 11 is 6.03. The van der Waals surface area contributed by atoms with Crippen molar-refractivity contribution in [3.05, 3.63) is 71.0 Å². The van der Waals surface area contributed by atoms with Crippen LogP contribution in [-0.4, -0.2) is 15.9 Å². The lowest BCUT2D eigenvalue weighted by molar-refractivity contribution is 0.102. The Morgan fingerprint density at radius 1 is 1.17 bits per heavy atom. The average molecular weight is 336 g/mol. The molecule has 0 fully saturated rings. The number of H-pyrrole nitrogens is 1. The Morgan fingerprint density at radius 3 is 2.88 bits per heavy atom. The van der Waals surface area contributed by atoms with E-state index in [1.54, 1.807) is 6.20 Å². The zero-order chi connectivity index (χ0) is 16.7. The number of amides is 1. The zero-order valence-electron chi connectivity index (χ0n) is 12.9. The molecule has 0 aliphatic heterocycles. The van der Waals surface area contributed by atoms with E-state index >= 15 is 0 Å². The number of pyridine rings is 1. The van der Waals surface area contributed by atoms with E-state index in [0.717, 1.165) is 27.4 Å². The second kappa shape index (κ2) is 5.65. The number of nitrogens with zero attached hydrogens (tertiary/aromatic N) is 1. The summed E-state index contributed by atoms with van der Waals surface area (Å²) in [5.74, 6) is -0.196. The summed E-state index contributed by atoms with van der Waals surface area (Å²) in [6.07, 6.45) is 1.72. The van der Waals surface area contributed by atoms with Crippen molar-refractivity contribution in [1.82, 2.24) is 9.97 Å². The fourth-order valence-corrected chi connectivity index (χ4v) is 3.10. The van der Waals surface area contributed by atoms with Gasteiger partial charge in [0.25, 0.3) is 5.91 Å². The number of hydrogen-bond acceptors (Lipinski definition) is 2. The van der Waals surface area contributed by atoms with Crippen LogP contribution in [0, 0.1) is 6.92 Å². The molecule has 118 valence electrons. The molecule has 0 aliphatic rings. The standard InChI is InChI=1S/C19H14ClN3O/c1-11-14-8-7-13(20)10-16(14)22-17(11)19(24)23-15-6-2-4-12-5-3-9-21-18(12)15/h2-10,22H,1H3,(H,23,24). The maximum absolute atomic E-state index is 12.7. The fourth-order valence-electron chi connectivity index (χ4n) is 2.93. The second-order valence-electron chi connectivity index (χ2n) is 5.65. The topological polar surface area (TPSA) is 57.8 Å². The minimum absolute atomic E-state index is 0.196. The Morgan fingerprint density at radius 2 is 2.00 bits per heavy atom. The van der Waals surface area contributed by atoms with E-state index in [0.29, 0.717) is 16.4 Å². The Bertz CT molecular complexity index is 1080. The van der Waals surface area contributed by atoms with Gasteiger partial charge in [-0.15, -0.1) is 0 Å². The third-order valence-corrected chi connectivity index (χ3v) is 4.36. The summed E-state index contributed by atoms with van der Waals surface area (Å²) in [7, 11) is 0. The van der Waals surface area contributed by atoms with Gasteiger partial charge in [0.2, 0.25) is 0 Å². The number of hydrogen-bond donors (Lipinski definition) is 2. The highest BCUT2D eigenvalue weighted by molar-refractivity contribution is 6.31. The molecule has 4 nitrogen and oxygen atoms in total. The van der Waals surface area contributed by atoms with Crippen molar-refractivity contribution in [2.45, 2.75) is 6.92 Å². The van der Waals surface area contributed by atoms with Gasteiger partial charge in [-0.05, 0) is 36.8 Å². The Labute approximate surface area is 143 Å². The number of anilines is 1. The predicted molar refractivity (Wildman–Crippen MR) is 97.7 cm³/mol. The molecule has 4 aromatic rings. The molecule has 0 aliphatic carbocycles. The van der Waals surface area contributed by atoms with Crippen LogP contribution >= 0.6 is 11.6 Å². The number of aryl methyl sites for hydroxylation is 1. The van der Waals surface area contributed by atoms with Gasteiger partial charge < -0.3 is 10.3 Å². The molecule has 24 heavy (non-hydrogen) atoms. The van der Waals surface area contributed by atoms with Crippen molar-refractivity contribution >= 4 is 45.0 Å². The summed E-state index contributed by atoms with van der Waals surface area (Å²) < 4.78 is 0. The van der Waals surface area contributed by atoms with Gasteiger partial charge in [0.05, 0.1) is 11.2 Å². The van der Waals surface area contributed by atoms with Crippen LogP contribution < -0.4 is 5.32 Å². The minimum atomic E-state index is -0.196. The molecule has 1 amide bonds. The quantitative estimate of drug-likeness (QED) is 0.545. The first kappa shape index (κ1) is 14.7. The minimum Gasteiger partial charge on any atom is -0.350 e. The molecular weight excluding hydrogens is 322 g/mol. The van der Waals surface area contributed by atoms with E-state index in [-0.39, 0.29) is 5.91 Å². The SMILES string of the molecule is Cc1c(C(=O)Nc2cccc3cccnc23)[nH]c2cc(Cl)ccc12. The highest BCUT2D eigenvalue weighted by Crippen LogP contribution is 2.26. The number of benzene rings is 2. The van der Waals surface area contributed by atoms with Crippen molar-refractivity contribution in [2.75, 3.05) is 5.32 Å². The zero-order valence-corrected chi connectivity index (χ0v) is 13.7. The van der Waals surface area contributed by atoms with Gasteiger partial charge in [-0.1, -0.05) is 35.9 Å². The largest absolute Gasteiger partial charge is 0.350 e. The van der Waals surface area contributed by atoms with Gasteiger partial charge in [0.1, 0.15) is 5.69 Å². The van der Waals surface area contributed by atoms with Crippen molar-refractivity contribution in [3.63, 3.8) is 0 Å². The maximum Gasteiger partial charge on any atom is 0.272 e. The number of halogens is 1. The highest BCUT2D eigenvalue weighted by atomic mass is 35.5. The summed E-state index contributed by atoms with van der Waals surface area (Å²) in [5, 5.41) is 5.55. The first-order chi connectivity index (χ1) is 11.6. The lowest BCUT2D eigenvalue weighted by atomic mass is 10.1. The number of carbonyl (C=O) groups is 1. The lowest BCUT2D eigenvalue weighted by Gasteiger charge is -2.07. The normalized spacial score (nSPS) is 11.1. The predicted octanol–water partition coefficient (Wildman–Crippen LogP) is 4.93. The summed E-state index contributed by atoms with van der Waals surface area (Å²) in [4.78, 5) is 20.2. The van der Waals surface area contributed by atoms with Crippen LogP contribution in [0.1, 0.15) is 16.1 Å². The average Bonchev–Trinajstić information content (AvgIpc) is 2.91. The number of fused-ring (bicyclic) bond motifs is 2. The van der Waals surface area contributed by atoms with E-state index in [2.05, 4.69) is 15.3 Å². The fraction of sp³-hybridized carbons (Fsp3) is 0.0526. The molecule has 0 radical (unpaired) electrons. The van der Waals surface area contributed by atoms with Crippen molar-refractivity contribution in [3.8, 4) is 0 Å². The van der Waals surface area contributed by atoms with Gasteiger partial charge in [-0.2, -0.15) is 0 Å². The molecule has 0 spiro atoms. The Hall–Kier alpha value is -2.85. The molecule has 2 N–H and O–H groups in total. The first-order valence-corrected chi connectivity index (χ1v) is 7.94. The summed E-state index contributed by atoms with van der Waals surface area (Å²) in [6, 6.07) is 15.1. The molecule has 5 heteroatoms. The molecular formula is C19H14ClN3O. The number of aromatic nitrogens is 2. The van der Waals surface area contributed by atoms with E-state index < -0.39 is 0 Å². The van der Waals surface area contributed by atoms with Crippen LogP contribution in [0.15, 0.2) is 54.7 Å². The molecule has 4 rings (SSSR count). The lowest BCUT2D eigenvalue weighted by Crippen LogP contribution is -2.14. The van der Waals surface area contributed by atoms with Crippen molar-refractivity contribution < 1.29 is 4.79 Å². The summed E-state index contributed by atoms with van der Waals surface area (Å²) in [5.41, 5.74) is 3.73. The van der Waals surface area contributed by atoms with E-state index in [1.807, 2.05) is 55.5 Å².